The molecule has 3 aromatic carbocycles. The van der Waals surface area contributed by atoms with Crippen LogP contribution in [0.25, 0.3) is 11.1 Å². The Bertz CT molecular complexity index is 1000. The zero-order chi connectivity index (χ0) is 19.7. The third-order valence-corrected chi connectivity index (χ3v) is 5.64. The highest BCUT2D eigenvalue weighted by Gasteiger charge is 2.34. The molecule has 0 aliphatic heterocycles. The normalized spacial score (nSPS) is 13.5. The van der Waals surface area contributed by atoms with E-state index in [-0.39, 0.29) is 5.91 Å². The minimum atomic E-state index is -0.770. The van der Waals surface area contributed by atoms with Gasteiger partial charge in [-0.25, -0.2) is 0 Å². The molecule has 3 N–H and O–H groups in total. The van der Waals surface area contributed by atoms with Gasteiger partial charge in [0.1, 0.15) is 6.04 Å². The quantitative estimate of drug-likeness (QED) is 0.641. The van der Waals surface area contributed by atoms with Crippen LogP contribution < -0.4 is 11.1 Å². The number of benzene rings is 3. The zero-order valence-electron chi connectivity index (χ0n) is 15.1. The third kappa shape index (κ3) is 3.45. The first-order valence-electron chi connectivity index (χ1n) is 9.07. The lowest BCUT2D eigenvalue weighted by molar-refractivity contribution is -0.127. The van der Waals surface area contributed by atoms with Crippen molar-refractivity contribution in [3.8, 4) is 11.1 Å². The maximum atomic E-state index is 13.2. The van der Waals surface area contributed by atoms with Crippen LogP contribution in [-0.2, 0) is 16.0 Å². The minimum Gasteiger partial charge on any atom is -0.368 e. The number of halogens is 1. The van der Waals surface area contributed by atoms with Gasteiger partial charge in [0.15, 0.2) is 0 Å². The molecule has 0 bridgehead atoms. The van der Waals surface area contributed by atoms with Gasteiger partial charge in [-0.2, -0.15) is 0 Å². The van der Waals surface area contributed by atoms with Gasteiger partial charge in [-0.1, -0.05) is 76.6 Å². The fourth-order valence-corrected chi connectivity index (χ4v) is 4.04. The number of rotatable bonds is 5. The number of carbonyl (C=O) groups excluding carboxylic acids is 2. The first-order chi connectivity index (χ1) is 13.5. The summed E-state index contributed by atoms with van der Waals surface area (Å²) < 4.78 is 0.954. The fourth-order valence-electron chi connectivity index (χ4n) is 3.77. The van der Waals surface area contributed by atoms with Crippen LogP contribution in [0.4, 0.5) is 0 Å². The van der Waals surface area contributed by atoms with E-state index in [2.05, 4.69) is 21.2 Å². The van der Waals surface area contributed by atoms with Crippen LogP contribution in [0.2, 0.25) is 0 Å². The summed E-state index contributed by atoms with van der Waals surface area (Å²) in [4.78, 5) is 25.2. The highest BCUT2D eigenvalue weighted by atomic mass is 79.9. The Balaban J connectivity index is 1.61. The number of hydrogen-bond acceptors (Lipinski definition) is 2. The van der Waals surface area contributed by atoms with Gasteiger partial charge < -0.3 is 11.1 Å². The molecule has 1 aliphatic rings. The molecule has 3 aromatic rings. The van der Waals surface area contributed by atoms with Crippen LogP contribution in [0.1, 0.15) is 22.6 Å². The van der Waals surface area contributed by atoms with Crippen molar-refractivity contribution in [2.24, 2.45) is 5.73 Å². The van der Waals surface area contributed by atoms with Crippen LogP contribution >= 0.6 is 15.9 Å². The smallest absolute Gasteiger partial charge is 0.240 e. The fraction of sp³-hybridized carbons (Fsp3) is 0.130. The Labute approximate surface area is 171 Å². The molecule has 0 radical (unpaired) electrons. The Kier molecular flexibility index (Phi) is 5.01. The summed E-state index contributed by atoms with van der Waals surface area (Å²) in [5.74, 6) is -1.20. The standard InChI is InChI=1S/C23H19BrN2O2/c24-15-11-9-14(10-12-15)13-20(22(25)27)26-23(28)21-18-7-3-1-5-16(18)17-6-2-4-8-19(17)21/h1-12,20-21H,13H2,(H2,25,27)(H,26,28)/t20-/m1/s1. The van der Waals surface area contributed by atoms with Gasteiger partial charge in [0.25, 0.3) is 0 Å². The van der Waals surface area contributed by atoms with Gasteiger partial charge in [-0.3, -0.25) is 9.59 Å². The summed E-state index contributed by atoms with van der Waals surface area (Å²) in [6.45, 7) is 0. The first kappa shape index (κ1) is 18.4. The van der Waals surface area contributed by atoms with Crippen molar-refractivity contribution in [3.63, 3.8) is 0 Å². The van der Waals surface area contributed by atoms with E-state index in [1.807, 2.05) is 72.8 Å². The topological polar surface area (TPSA) is 72.2 Å². The van der Waals surface area contributed by atoms with Crippen LogP contribution in [0.5, 0.6) is 0 Å². The molecular formula is C23H19BrN2O2. The number of fused-ring (bicyclic) bond motifs is 3. The predicted molar refractivity (Wildman–Crippen MR) is 113 cm³/mol. The second-order valence-electron chi connectivity index (χ2n) is 6.90. The van der Waals surface area contributed by atoms with E-state index < -0.39 is 17.9 Å². The molecule has 0 saturated carbocycles. The average molecular weight is 435 g/mol. The Morgan fingerprint density at radius 3 is 1.96 bits per heavy atom. The second-order valence-corrected chi connectivity index (χ2v) is 7.82. The summed E-state index contributed by atoms with van der Waals surface area (Å²) in [7, 11) is 0. The summed E-state index contributed by atoms with van der Waals surface area (Å²) in [6.07, 6.45) is 0.352. The maximum Gasteiger partial charge on any atom is 0.240 e. The van der Waals surface area contributed by atoms with Crippen molar-refractivity contribution in [3.05, 3.63) is 94.0 Å². The highest BCUT2D eigenvalue weighted by Crippen LogP contribution is 2.44. The van der Waals surface area contributed by atoms with Crippen molar-refractivity contribution in [2.45, 2.75) is 18.4 Å². The van der Waals surface area contributed by atoms with Crippen molar-refractivity contribution in [2.75, 3.05) is 0 Å². The van der Waals surface area contributed by atoms with Crippen molar-refractivity contribution < 1.29 is 9.59 Å². The highest BCUT2D eigenvalue weighted by molar-refractivity contribution is 9.10. The Morgan fingerprint density at radius 1 is 0.893 bits per heavy atom. The van der Waals surface area contributed by atoms with Gasteiger partial charge >= 0.3 is 0 Å². The van der Waals surface area contributed by atoms with Gasteiger partial charge in [-0.05, 0) is 39.9 Å². The lowest BCUT2D eigenvalue weighted by atomic mass is 9.95. The molecule has 5 heteroatoms. The molecule has 0 saturated heterocycles. The number of nitrogens with one attached hydrogen (secondary N) is 1. The van der Waals surface area contributed by atoms with Gasteiger partial charge in [-0.15, -0.1) is 0 Å². The lowest BCUT2D eigenvalue weighted by Gasteiger charge is -2.20. The molecule has 140 valence electrons. The summed E-state index contributed by atoms with van der Waals surface area (Å²) in [6, 6.07) is 22.6. The van der Waals surface area contributed by atoms with E-state index in [0.29, 0.717) is 6.42 Å². The maximum absolute atomic E-state index is 13.2. The molecule has 0 heterocycles. The largest absolute Gasteiger partial charge is 0.368 e. The molecule has 2 amide bonds. The Morgan fingerprint density at radius 2 is 1.43 bits per heavy atom. The number of hydrogen-bond donors (Lipinski definition) is 2. The Hall–Kier alpha value is -2.92. The van der Waals surface area contributed by atoms with E-state index in [0.717, 1.165) is 32.3 Å². The van der Waals surface area contributed by atoms with E-state index in [1.165, 1.54) is 0 Å². The van der Waals surface area contributed by atoms with E-state index >= 15 is 0 Å². The molecule has 1 aliphatic carbocycles. The molecule has 0 spiro atoms. The molecule has 0 unspecified atom stereocenters. The number of amides is 2. The summed E-state index contributed by atoms with van der Waals surface area (Å²) >= 11 is 3.39. The second kappa shape index (κ2) is 7.60. The molecule has 4 nitrogen and oxygen atoms in total. The molecule has 0 fully saturated rings. The minimum absolute atomic E-state index is 0.210. The van der Waals surface area contributed by atoms with Crippen molar-refractivity contribution >= 4 is 27.7 Å². The summed E-state index contributed by atoms with van der Waals surface area (Å²) in [5, 5.41) is 2.88. The van der Waals surface area contributed by atoms with Crippen molar-refractivity contribution in [1.82, 2.24) is 5.32 Å². The van der Waals surface area contributed by atoms with Crippen LogP contribution in [0, 0.1) is 0 Å². The van der Waals surface area contributed by atoms with Crippen molar-refractivity contribution in [1.29, 1.82) is 0 Å². The first-order valence-corrected chi connectivity index (χ1v) is 9.86. The number of primary amides is 1. The van der Waals surface area contributed by atoms with E-state index in [4.69, 9.17) is 5.73 Å². The van der Waals surface area contributed by atoms with Crippen LogP contribution in [-0.4, -0.2) is 17.9 Å². The molecule has 1 atom stereocenters. The average Bonchev–Trinajstić information content (AvgIpc) is 3.03. The molecule has 28 heavy (non-hydrogen) atoms. The van der Waals surface area contributed by atoms with Gasteiger partial charge in [0, 0.05) is 10.9 Å². The zero-order valence-corrected chi connectivity index (χ0v) is 16.6. The molecular weight excluding hydrogens is 416 g/mol. The van der Waals surface area contributed by atoms with E-state index in [1.54, 1.807) is 0 Å². The van der Waals surface area contributed by atoms with Gasteiger partial charge in [0.2, 0.25) is 11.8 Å². The number of nitrogens with two attached hydrogens (primary N) is 1. The SMILES string of the molecule is NC(=O)[C@@H](Cc1ccc(Br)cc1)NC(=O)C1c2ccccc2-c2ccccc21. The lowest BCUT2D eigenvalue weighted by Crippen LogP contribution is -2.47. The predicted octanol–water partition coefficient (Wildman–Crippen LogP) is 3.77. The third-order valence-electron chi connectivity index (χ3n) is 5.11. The number of carbonyl (C=O) groups is 2. The van der Waals surface area contributed by atoms with Crippen LogP contribution in [0.3, 0.4) is 0 Å². The monoisotopic (exact) mass is 434 g/mol. The summed E-state index contributed by atoms with van der Waals surface area (Å²) in [5.41, 5.74) is 10.5. The molecule has 0 aromatic heterocycles. The van der Waals surface area contributed by atoms with Gasteiger partial charge in [0.05, 0.1) is 5.92 Å². The van der Waals surface area contributed by atoms with E-state index in [9.17, 15) is 9.59 Å². The molecule has 4 rings (SSSR count). The van der Waals surface area contributed by atoms with Crippen LogP contribution in [0.15, 0.2) is 77.3 Å².